The summed E-state index contributed by atoms with van der Waals surface area (Å²) in [6, 6.07) is 9.37. The fourth-order valence-corrected chi connectivity index (χ4v) is 3.61. The minimum absolute atomic E-state index is 0.0701. The van der Waals surface area contributed by atoms with Crippen LogP contribution in [0.3, 0.4) is 0 Å². The number of methoxy groups -OCH3 is 2. The zero-order chi connectivity index (χ0) is 15.5. The summed E-state index contributed by atoms with van der Waals surface area (Å²) >= 11 is 1.59. The average Bonchev–Trinajstić information content (AvgIpc) is 2.96. The van der Waals surface area contributed by atoms with E-state index >= 15 is 0 Å². The first-order valence-corrected chi connectivity index (χ1v) is 7.85. The standard InChI is InChI=1S/C16H16N2O3S/c1-20-13-6-5-12(8-14(13)21-2)18-15(19)10-22-16(18)11-4-3-7-17-9-11/h3-9,16H,10H2,1-2H3. The minimum atomic E-state index is -0.0701. The molecule has 1 unspecified atom stereocenters. The molecule has 1 amide bonds. The molecule has 0 bridgehead atoms. The number of carbonyl (C=O) groups excluding carboxylic acids is 1. The zero-order valence-electron chi connectivity index (χ0n) is 12.4. The topological polar surface area (TPSA) is 51.7 Å². The largest absolute Gasteiger partial charge is 0.493 e. The molecule has 1 aromatic heterocycles. The van der Waals surface area contributed by atoms with Crippen LogP contribution in [0.4, 0.5) is 5.69 Å². The Morgan fingerprint density at radius 3 is 2.73 bits per heavy atom. The highest BCUT2D eigenvalue weighted by molar-refractivity contribution is 8.00. The molecule has 22 heavy (non-hydrogen) atoms. The number of thioether (sulfide) groups is 1. The second kappa shape index (κ2) is 6.27. The normalized spacial score (nSPS) is 17.6. The van der Waals surface area contributed by atoms with Gasteiger partial charge in [0.05, 0.1) is 20.0 Å². The van der Waals surface area contributed by atoms with E-state index in [1.54, 1.807) is 43.3 Å². The van der Waals surface area contributed by atoms with Gasteiger partial charge in [-0.25, -0.2) is 0 Å². The van der Waals surface area contributed by atoms with Gasteiger partial charge in [0.25, 0.3) is 0 Å². The third-order valence-electron chi connectivity index (χ3n) is 3.48. The number of pyridine rings is 1. The number of benzene rings is 1. The number of amides is 1. The number of hydrogen-bond donors (Lipinski definition) is 0. The van der Waals surface area contributed by atoms with E-state index in [0.717, 1.165) is 11.3 Å². The smallest absolute Gasteiger partial charge is 0.238 e. The van der Waals surface area contributed by atoms with Crippen molar-refractivity contribution in [3.05, 3.63) is 48.3 Å². The SMILES string of the molecule is COc1ccc(N2C(=O)CSC2c2cccnc2)cc1OC. The van der Waals surface area contributed by atoms with Crippen LogP contribution in [0.15, 0.2) is 42.7 Å². The first-order valence-electron chi connectivity index (χ1n) is 6.80. The molecule has 0 N–H and O–H groups in total. The molecule has 1 fully saturated rings. The van der Waals surface area contributed by atoms with Crippen LogP contribution in [0.2, 0.25) is 0 Å². The Balaban J connectivity index is 1.99. The van der Waals surface area contributed by atoms with Crippen molar-refractivity contribution in [3.63, 3.8) is 0 Å². The van der Waals surface area contributed by atoms with Crippen molar-refractivity contribution in [3.8, 4) is 11.5 Å². The Bertz CT molecular complexity index is 678. The van der Waals surface area contributed by atoms with Crippen molar-refractivity contribution >= 4 is 23.4 Å². The monoisotopic (exact) mass is 316 g/mol. The third kappa shape index (κ3) is 2.62. The van der Waals surface area contributed by atoms with Crippen LogP contribution in [0.1, 0.15) is 10.9 Å². The van der Waals surface area contributed by atoms with E-state index in [2.05, 4.69) is 4.98 Å². The maximum absolute atomic E-state index is 12.3. The Morgan fingerprint density at radius 2 is 2.05 bits per heavy atom. The summed E-state index contributed by atoms with van der Waals surface area (Å²) in [7, 11) is 3.17. The molecule has 0 radical (unpaired) electrons. The second-order valence-corrected chi connectivity index (χ2v) is 5.82. The van der Waals surface area contributed by atoms with E-state index in [-0.39, 0.29) is 11.3 Å². The van der Waals surface area contributed by atoms with E-state index in [9.17, 15) is 4.79 Å². The lowest BCUT2D eigenvalue weighted by Crippen LogP contribution is -2.27. The van der Waals surface area contributed by atoms with Crippen molar-refractivity contribution in [1.29, 1.82) is 0 Å². The van der Waals surface area contributed by atoms with E-state index in [1.165, 1.54) is 0 Å². The molecule has 114 valence electrons. The molecule has 2 heterocycles. The lowest BCUT2D eigenvalue weighted by molar-refractivity contribution is -0.115. The van der Waals surface area contributed by atoms with Gasteiger partial charge in [0, 0.05) is 29.7 Å². The molecule has 1 aliphatic rings. The van der Waals surface area contributed by atoms with Crippen LogP contribution in [0.25, 0.3) is 0 Å². The molecule has 0 aliphatic carbocycles. The van der Waals surface area contributed by atoms with Gasteiger partial charge in [0.2, 0.25) is 5.91 Å². The summed E-state index contributed by atoms with van der Waals surface area (Å²) in [6.07, 6.45) is 3.52. The Labute approximate surface area is 133 Å². The summed E-state index contributed by atoms with van der Waals surface area (Å²) in [5.74, 6) is 1.78. The van der Waals surface area contributed by atoms with E-state index in [0.29, 0.717) is 17.3 Å². The molecule has 0 spiro atoms. The number of anilines is 1. The lowest BCUT2D eigenvalue weighted by atomic mass is 10.2. The van der Waals surface area contributed by atoms with Gasteiger partial charge in [-0.2, -0.15) is 0 Å². The highest BCUT2D eigenvalue weighted by Gasteiger charge is 2.34. The molecule has 2 aromatic rings. The van der Waals surface area contributed by atoms with Crippen LogP contribution >= 0.6 is 11.8 Å². The predicted octanol–water partition coefficient (Wildman–Crippen LogP) is 2.88. The highest BCUT2D eigenvalue weighted by Crippen LogP contribution is 2.43. The first kappa shape index (κ1) is 14.7. The summed E-state index contributed by atoms with van der Waals surface area (Å²) in [4.78, 5) is 18.3. The predicted molar refractivity (Wildman–Crippen MR) is 86.5 cm³/mol. The van der Waals surface area contributed by atoms with Crippen LogP contribution in [0, 0.1) is 0 Å². The molecular formula is C16H16N2O3S. The summed E-state index contributed by atoms with van der Waals surface area (Å²) in [6.45, 7) is 0. The maximum atomic E-state index is 12.3. The van der Waals surface area contributed by atoms with Gasteiger partial charge in [-0.05, 0) is 18.2 Å². The number of nitrogens with zero attached hydrogens (tertiary/aromatic N) is 2. The molecule has 1 atom stereocenters. The molecule has 3 rings (SSSR count). The van der Waals surface area contributed by atoms with Crippen molar-refractivity contribution in [1.82, 2.24) is 4.98 Å². The molecule has 6 heteroatoms. The number of rotatable bonds is 4. The fourth-order valence-electron chi connectivity index (χ4n) is 2.45. The Kier molecular flexibility index (Phi) is 4.20. The van der Waals surface area contributed by atoms with Gasteiger partial charge in [-0.1, -0.05) is 6.07 Å². The highest BCUT2D eigenvalue weighted by atomic mass is 32.2. The van der Waals surface area contributed by atoms with Gasteiger partial charge in [-0.15, -0.1) is 11.8 Å². The molecule has 1 aliphatic heterocycles. The van der Waals surface area contributed by atoms with Gasteiger partial charge in [-0.3, -0.25) is 14.7 Å². The molecular weight excluding hydrogens is 300 g/mol. The van der Waals surface area contributed by atoms with Gasteiger partial charge < -0.3 is 9.47 Å². The fraction of sp³-hybridized carbons (Fsp3) is 0.250. The van der Waals surface area contributed by atoms with E-state index < -0.39 is 0 Å². The zero-order valence-corrected chi connectivity index (χ0v) is 13.2. The Hall–Kier alpha value is -2.21. The van der Waals surface area contributed by atoms with Gasteiger partial charge in [0.1, 0.15) is 5.37 Å². The first-order chi connectivity index (χ1) is 10.7. The van der Waals surface area contributed by atoms with Crippen molar-refractivity contribution in [2.75, 3.05) is 24.9 Å². The molecule has 0 saturated carbocycles. The summed E-state index contributed by atoms with van der Waals surface area (Å²) < 4.78 is 10.6. The maximum Gasteiger partial charge on any atom is 0.238 e. The molecule has 1 aromatic carbocycles. The summed E-state index contributed by atoms with van der Waals surface area (Å²) in [5.41, 5.74) is 1.80. The number of ether oxygens (including phenoxy) is 2. The molecule has 1 saturated heterocycles. The summed E-state index contributed by atoms with van der Waals surface area (Å²) in [5, 5.41) is -0.0701. The van der Waals surface area contributed by atoms with Crippen molar-refractivity contribution in [2.24, 2.45) is 0 Å². The quantitative estimate of drug-likeness (QED) is 0.868. The van der Waals surface area contributed by atoms with Gasteiger partial charge >= 0.3 is 0 Å². The lowest BCUT2D eigenvalue weighted by Gasteiger charge is -2.24. The number of carbonyl (C=O) groups is 1. The number of hydrogen-bond acceptors (Lipinski definition) is 5. The van der Waals surface area contributed by atoms with Crippen molar-refractivity contribution in [2.45, 2.75) is 5.37 Å². The third-order valence-corrected chi connectivity index (χ3v) is 4.70. The minimum Gasteiger partial charge on any atom is -0.493 e. The van der Waals surface area contributed by atoms with Crippen LogP contribution in [-0.4, -0.2) is 30.9 Å². The van der Waals surface area contributed by atoms with Gasteiger partial charge in [0.15, 0.2) is 11.5 Å². The average molecular weight is 316 g/mol. The van der Waals surface area contributed by atoms with E-state index in [1.807, 2.05) is 30.3 Å². The van der Waals surface area contributed by atoms with Crippen LogP contribution < -0.4 is 14.4 Å². The van der Waals surface area contributed by atoms with Crippen molar-refractivity contribution < 1.29 is 14.3 Å². The Morgan fingerprint density at radius 1 is 1.23 bits per heavy atom. The van der Waals surface area contributed by atoms with Crippen LogP contribution in [0.5, 0.6) is 11.5 Å². The molecule has 5 nitrogen and oxygen atoms in total. The van der Waals surface area contributed by atoms with E-state index in [4.69, 9.17) is 9.47 Å². The second-order valence-electron chi connectivity index (χ2n) is 4.75. The number of aromatic nitrogens is 1. The van der Waals surface area contributed by atoms with Crippen LogP contribution in [-0.2, 0) is 4.79 Å².